The molecule has 1 amide bonds. The topological polar surface area (TPSA) is 114 Å². The summed E-state index contributed by atoms with van der Waals surface area (Å²) >= 11 is 0. The molecule has 2 aromatic rings. The quantitative estimate of drug-likeness (QED) is 0.644. The number of carbonyl (C=O) groups excluding carboxylic acids is 1. The van der Waals surface area contributed by atoms with Crippen molar-refractivity contribution in [1.29, 1.82) is 0 Å². The summed E-state index contributed by atoms with van der Waals surface area (Å²) in [5, 5.41) is 19.9. The Labute approximate surface area is 114 Å². The fourth-order valence-electron chi connectivity index (χ4n) is 1.69. The maximum absolute atomic E-state index is 12.0. The lowest BCUT2D eigenvalue weighted by molar-refractivity contribution is -0.384. The molecule has 104 valence electrons. The fraction of sp³-hybridized carbons (Fsp3) is 0.250. The summed E-state index contributed by atoms with van der Waals surface area (Å²) in [4.78, 5) is 26.3. The lowest BCUT2D eigenvalue weighted by atomic mass is 10.1. The van der Waals surface area contributed by atoms with Crippen LogP contribution in [0.15, 0.2) is 18.2 Å². The Balaban J connectivity index is 2.12. The van der Waals surface area contributed by atoms with Gasteiger partial charge in [-0.15, -0.1) is 0 Å². The van der Waals surface area contributed by atoms with Crippen LogP contribution in [0, 0.1) is 24.0 Å². The van der Waals surface area contributed by atoms with Gasteiger partial charge < -0.3 is 5.32 Å². The molecular formula is C12H13N5O3. The fourth-order valence-corrected chi connectivity index (χ4v) is 1.69. The number of nitro benzene ring substituents is 1. The molecule has 8 nitrogen and oxygen atoms in total. The number of hydrogen-bond acceptors (Lipinski definition) is 5. The van der Waals surface area contributed by atoms with Gasteiger partial charge >= 0.3 is 0 Å². The number of hydrogen-bond donors (Lipinski definition) is 2. The molecule has 0 atom stereocenters. The van der Waals surface area contributed by atoms with Crippen LogP contribution < -0.4 is 5.32 Å². The van der Waals surface area contributed by atoms with Crippen molar-refractivity contribution in [2.24, 2.45) is 0 Å². The standard InChI is InChI=1S/C12H13N5O3/c1-7-3-4-9(17(19)20)5-10(7)12(18)13-6-11-14-8(2)15-16-11/h3-5H,6H2,1-2H3,(H,13,18)(H,14,15,16). The summed E-state index contributed by atoms with van der Waals surface area (Å²) in [6.45, 7) is 3.63. The highest BCUT2D eigenvalue weighted by atomic mass is 16.6. The molecule has 2 N–H and O–H groups in total. The van der Waals surface area contributed by atoms with Gasteiger partial charge in [-0.2, -0.15) is 5.10 Å². The first-order valence-electron chi connectivity index (χ1n) is 5.88. The zero-order valence-corrected chi connectivity index (χ0v) is 11.0. The minimum atomic E-state index is -0.533. The number of nitrogens with zero attached hydrogens (tertiary/aromatic N) is 3. The van der Waals surface area contributed by atoms with Crippen LogP contribution in [0.1, 0.15) is 27.6 Å². The zero-order valence-electron chi connectivity index (χ0n) is 11.0. The van der Waals surface area contributed by atoms with E-state index in [1.54, 1.807) is 19.9 Å². The van der Waals surface area contributed by atoms with Crippen LogP contribution in [-0.2, 0) is 6.54 Å². The third kappa shape index (κ3) is 2.97. The van der Waals surface area contributed by atoms with Gasteiger partial charge in [-0.25, -0.2) is 4.98 Å². The van der Waals surface area contributed by atoms with Crippen molar-refractivity contribution in [3.8, 4) is 0 Å². The number of non-ortho nitro benzene ring substituents is 1. The third-order valence-corrected chi connectivity index (χ3v) is 2.73. The normalized spacial score (nSPS) is 10.3. The van der Waals surface area contributed by atoms with Crippen molar-refractivity contribution in [2.45, 2.75) is 20.4 Å². The summed E-state index contributed by atoms with van der Waals surface area (Å²) in [7, 11) is 0. The van der Waals surface area contributed by atoms with Crippen molar-refractivity contribution >= 4 is 11.6 Å². The van der Waals surface area contributed by atoms with E-state index in [9.17, 15) is 14.9 Å². The van der Waals surface area contributed by atoms with Crippen LogP contribution >= 0.6 is 0 Å². The van der Waals surface area contributed by atoms with E-state index in [0.29, 0.717) is 17.2 Å². The average Bonchev–Trinajstić information content (AvgIpc) is 2.82. The maximum Gasteiger partial charge on any atom is 0.270 e. The van der Waals surface area contributed by atoms with Crippen LogP contribution in [0.5, 0.6) is 0 Å². The number of H-pyrrole nitrogens is 1. The second-order valence-corrected chi connectivity index (χ2v) is 4.28. The van der Waals surface area contributed by atoms with E-state index in [1.807, 2.05) is 0 Å². The average molecular weight is 275 g/mol. The molecule has 1 aromatic heterocycles. The minimum absolute atomic E-state index is 0.116. The van der Waals surface area contributed by atoms with Gasteiger partial charge in [0.2, 0.25) is 0 Å². The second-order valence-electron chi connectivity index (χ2n) is 4.28. The van der Waals surface area contributed by atoms with Gasteiger partial charge in [-0.3, -0.25) is 20.0 Å². The van der Waals surface area contributed by atoms with Crippen LogP contribution in [0.2, 0.25) is 0 Å². The monoisotopic (exact) mass is 275 g/mol. The van der Waals surface area contributed by atoms with Gasteiger partial charge in [0.25, 0.3) is 11.6 Å². The highest BCUT2D eigenvalue weighted by Crippen LogP contribution is 2.17. The molecule has 0 aliphatic heterocycles. The Bertz CT molecular complexity index is 665. The first-order chi connectivity index (χ1) is 9.47. The van der Waals surface area contributed by atoms with Crippen LogP contribution in [0.4, 0.5) is 5.69 Å². The first-order valence-corrected chi connectivity index (χ1v) is 5.88. The smallest absolute Gasteiger partial charge is 0.270 e. The molecule has 1 heterocycles. The number of amides is 1. The van der Waals surface area contributed by atoms with Gasteiger partial charge in [-0.05, 0) is 19.4 Å². The molecule has 0 saturated heterocycles. The molecule has 1 aromatic carbocycles. The van der Waals surface area contributed by atoms with E-state index in [0.717, 1.165) is 0 Å². The van der Waals surface area contributed by atoms with E-state index in [4.69, 9.17) is 0 Å². The Hall–Kier alpha value is -2.77. The van der Waals surface area contributed by atoms with E-state index < -0.39 is 10.8 Å². The van der Waals surface area contributed by atoms with Gasteiger partial charge in [0.05, 0.1) is 11.5 Å². The Morgan fingerprint density at radius 3 is 2.80 bits per heavy atom. The number of nitro groups is 1. The van der Waals surface area contributed by atoms with Crippen molar-refractivity contribution < 1.29 is 9.72 Å². The Morgan fingerprint density at radius 2 is 2.20 bits per heavy atom. The van der Waals surface area contributed by atoms with Gasteiger partial charge in [-0.1, -0.05) is 6.07 Å². The molecule has 0 radical (unpaired) electrons. The lowest BCUT2D eigenvalue weighted by Crippen LogP contribution is -2.24. The third-order valence-electron chi connectivity index (χ3n) is 2.73. The SMILES string of the molecule is Cc1nc(CNC(=O)c2cc([N+](=O)[O-])ccc2C)n[nH]1. The largest absolute Gasteiger partial charge is 0.345 e. The van der Waals surface area contributed by atoms with Crippen molar-refractivity contribution in [3.05, 3.63) is 51.1 Å². The molecular weight excluding hydrogens is 262 g/mol. The number of nitrogens with one attached hydrogen (secondary N) is 2. The summed E-state index contributed by atoms with van der Waals surface area (Å²) in [5.41, 5.74) is 0.820. The van der Waals surface area contributed by atoms with Crippen LogP contribution in [-0.4, -0.2) is 26.0 Å². The molecule has 2 rings (SSSR count). The predicted molar refractivity (Wildman–Crippen MR) is 70.1 cm³/mol. The summed E-state index contributed by atoms with van der Waals surface area (Å²) in [5.74, 6) is 0.716. The number of benzene rings is 1. The summed E-state index contributed by atoms with van der Waals surface area (Å²) < 4.78 is 0. The van der Waals surface area contributed by atoms with Crippen LogP contribution in [0.3, 0.4) is 0 Å². The lowest BCUT2D eigenvalue weighted by Gasteiger charge is -2.05. The predicted octanol–water partition coefficient (Wildman–Crippen LogP) is 1.26. The number of aryl methyl sites for hydroxylation is 2. The maximum atomic E-state index is 12.0. The Morgan fingerprint density at radius 1 is 1.45 bits per heavy atom. The molecule has 0 unspecified atom stereocenters. The number of carbonyl (C=O) groups is 1. The highest BCUT2D eigenvalue weighted by molar-refractivity contribution is 5.96. The van der Waals surface area contributed by atoms with Crippen molar-refractivity contribution in [3.63, 3.8) is 0 Å². The first kappa shape index (κ1) is 13.7. The van der Waals surface area contributed by atoms with Gasteiger partial charge in [0.1, 0.15) is 5.82 Å². The number of aromatic amines is 1. The Kier molecular flexibility index (Phi) is 3.74. The van der Waals surface area contributed by atoms with E-state index >= 15 is 0 Å². The highest BCUT2D eigenvalue weighted by Gasteiger charge is 2.14. The summed E-state index contributed by atoms with van der Waals surface area (Å²) in [6, 6.07) is 4.17. The molecule has 20 heavy (non-hydrogen) atoms. The molecule has 0 spiro atoms. The second kappa shape index (κ2) is 5.47. The van der Waals surface area contributed by atoms with E-state index in [1.165, 1.54) is 12.1 Å². The molecule has 0 aliphatic carbocycles. The van der Waals surface area contributed by atoms with Gasteiger partial charge in [0.15, 0.2) is 5.82 Å². The van der Waals surface area contributed by atoms with Crippen LogP contribution in [0.25, 0.3) is 0 Å². The number of rotatable bonds is 4. The van der Waals surface area contributed by atoms with Crippen molar-refractivity contribution in [1.82, 2.24) is 20.5 Å². The van der Waals surface area contributed by atoms with Gasteiger partial charge in [0, 0.05) is 17.7 Å². The van der Waals surface area contributed by atoms with Crippen molar-refractivity contribution in [2.75, 3.05) is 0 Å². The number of aromatic nitrogens is 3. The molecule has 0 bridgehead atoms. The molecule has 0 fully saturated rings. The summed E-state index contributed by atoms with van der Waals surface area (Å²) in [6.07, 6.45) is 0. The van der Waals surface area contributed by atoms with E-state index in [2.05, 4.69) is 20.5 Å². The molecule has 8 heteroatoms. The molecule has 0 saturated carbocycles. The van der Waals surface area contributed by atoms with E-state index in [-0.39, 0.29) is 17.8 Å². The molecule has 0 aliphatic rings. The minimum Gasteiger partial charge on any atom is -0.345 e. The zero-order chi connectivity index (χ0) is 14.7.